The fourth-order valence-electron chi connectivity index (χ4n) is 2.89. The Balaban J connectivity index is 1.91. The van der Waals surface area contributed by atoms with Gasteiger partial charge in [-0.05, 0) is 46.4 Å². The van der Waals surface area contributed by atoms with E-state index in [1.807, 2.05) is 36.4 Å². The van der Waals surface area contributed by atoms with Crippen molar-refractivity contribution in [1.82, 2.24) is 0 Å². The standard InChI is InChI=1S/C24H22O3/c1-17(2)24(26)27-16-22-14-18(15-25)8-13-23(22)21-11-9-20(10-12-21)19-6-4-3-5-7-19/h3-14,25H,1,15-16H2,2H3. The van der Waals surface area contributed by atoms with E-state index < -0.39 is 5.97 Å². The number of benzene rings is 3. The van der Waals surface area contributed by atoms with Gasteiger partial charge in [0.25, 0.3) is 0 Å². The van der Waals surface area contributed by atoms with Crippen LogP contribution < -0.4 is 0 Å². The minimum atomic E-state index is -0.422. The van der Waals surface area contributed by atoms with Gasteiger partial charge >= 0.3 is 5.97 Å². The average Bonchev–Trinajstić information content (AvgIpc) is 2.72. The van der Waals surface area contributed by atoms with Crippen molar-refractivity contribution in [2.75, 3.05) is 0 Å². The van der Waals surface area contributed by atoms with Crippen LogP contribution in [0.25, 0.3) is 22.3 Å². The van der Waals surface area contributed by atoms with Gasteiger partial charge in [-0.2, -0.15) is 0 Å². The first kappa shape index (κ1) is 18.6. The topological polar surface area (TPSA) is 46.5 Å². The fraction of sp³-hybridized carbons (Fsp3) is 0.125. The lowest BCUT2D eigenvalue weighted by Crippen LogP contribution is -2.06. The van der Waals surface area contributed by atoms with Gasteiger partial charge in [0.2, 0.25) is 0 Å². The summed E-state index contributed by atoms with van der Waals surface area (Å²) in [6, 6.07) is 24.2. The van der Waals surface area contributed by atoms with E-state index in [4.69, 9.17) is 4.74 Å². The second-order valence-corrected chi connectivity index (χ2v) is 6.45. The minimum Gasteiger partial charge on any atom is -0.457 e. The molecular formula is C24H22O3. The molecule has 3 aromatic rings. The Morgan fingerprint density at radius 3 is 2.19 bits per heavy atom. The van der Waals surface area contributed by atoms with Gasteiger partial charge in [-0.3, -0.25) is 0 Å². The first-order valence-electron chi connectivity index (χ1n) is 8.79. The first-order chi connectivity index (χ1) is 13.1. The Morgan fingerprint density at radius 1 is 0.926 bits per heavy atom. The number of rotatable bonds is 6. The van der Waals surface area contributed by atoms with E-state index >= 15 is 0 Å². The van der Waals surface area contributed by atoms with Crippen LogP contribution in [0.15, 0.2) is 84.9 Å². The van der Waals surface area contributed by atoms with Crippen molar-refractivity contribution in [2.24, 2.45) is 0 Å². The molecule has 0 saturated heterocycles. The van der Waals surface area contributed by atoms with Gasteiger partial charge in [-0.1, -0.05) is 73.3 Å². The maximum absolute atomic E-state index is 11.7. The number of hydrogen-bond acceptors (Lipinski definition) is 3. The monoisotopic (exact) mass is 358 g/mol. The van der Waals surface area contributed by atoms with Crippen LogP contribution in [0.5, 0.6) is 0 Å². The lowest BCUT2D eigenvalue weighted by atomic mass is 9.96. The van der Waals surface area contributed by atoms with Crippen molar-refractivity contribution in [2.45, 2.75) is 20.1 Å². The molecule has 0 saturated carbocycles. The van der Waals surface area contributed by atoms with Crippen molar-refractivity contribution in [3.05, 3.63) is 96.1 Å². The van der Waals surface area contributed by atoms with Crippen molar-refractivity contribution >= 4 is 5.97 Å². The van der Waals surface area contributed by atoms with E-state index in [1.54, 1.807) is 6.92 Å². The normalized spacial score (nSPS) is 10.4. The summed E-state index contributed by atoms with van der Waals surface area (Å²) in [5, 5.41) is 9.43. The number of aliphatic hydroxyl groups is 1. The minimum absolute atomic E-state index is 0.0609. The number of ether oxygens (including phenoxy) is 1. The molecule has 0 aliphatic rings. The first-order valence-corrected chi connectivity index (χ1v) is 8.79. The predicted octanol–water partition coefficient (Wildman–Crippen LogP) is 5.13. The highest BCUT2D eigenvalue weighted by Gasteiger charge is 2.10. The molecule has 0 aromatic heterocycles. The van der Waals surface area contributed by atoms with Gasteiger partial charge < -0.3 is 9.84 Å². The Hall–Kier alpha value is -3.17. The third-order valence-electron chi connectivity index (χ3n) is 4.36. The van der Waals surface area contributed by atoms with Gasteiger partial charge in [0, 0.05) is 5.57 Å². The molecular weight excluding hydrogens is 336 g/mol. The molecule has 0 aliphatic carbocycles. The van der Waals surface area contributed by atoms with Gasteiger partial charge in [-0.15, -0.1) is 0 Å². The quantitative estimate of drug-likeness (QED) is 0.491. The molecule has 0 bridgehead atoms. The smallest absolute Gasteiger partial charge is 0.333 e. The maximum atomic E-state index is 11.7. The van der Waals surface area contributed by atoms with Crippen LogP contribution in [-0.4, -0.2) is 11.1 Å². The van der Waals surface area contributed by atoms with Gasteiger partial charge in [0.05, 0.1) is 6.61 Å². The molecule has 0 amide bonds. The van der Waals surface area contributed by atoms with E-state index in [0.717, 1.165) is 33.4 Å². The van der Waals surface area contributed by atoms with Crippen LogP contribution in [-0.2, 0) is 22.7 Å². The summed E-state index contributed by atoms with van der Waals surface area (Å²) in [6.07, 6.45) is 0. The summed E-state index contributed by atoms with van der Waals surface area (Å²) < 4.78 is 5.32. The van der Waals surface area contributed by atoms with Crippen LogP contribution in [0.4, 0.5) is 0 Å². The Bertz CT molecular complexity index is 941. The molecule has 0 spiro atoms. The number of carbonyl (C=O) groups is 1. The van der Waals surface area contributed by atoms with Crippen LogP contribution in [0.1, 0.15) is 18.1 Å². The largest absolute Gasteiger partial charge is 0.457 e. The number of hydrogen-bond donors (Lipinski definition) is 1. The van der Waals surface area contributed by atoms with Crippen LogP contribution >= 0.6 is 0 Å². The molecule has 3 nitrogen and oxygen atoms in total. The highest BCUT2D eigenvalue weighted by atomic mass is 16.5. The van der Waals surface area contributed by atoms with E-state index in [0.29, 0.717) is 5.57 Å². The molecule has 0 heterocycles. The summed E-state index contributed by atoms with van der Waals surface area (Å²) in [4.78, 5) is 11.7. The number of aliphatic hydroxyl groups excluding tert-OH is 1. The molecule has 1 N–H and O–H groups in total. The maximum Gasteiger partial charge on any atom is 0.333 e. The SMILES string of the molecule is C=C(C)C(=O)OCc1cc(CO)ccc1-c1ccc(-c2ccccc2)cc1. The molecule has 3 aromatic carbocycles. The Labute approximate surface area is 159 Å². The summed E-state index contributed by atoms with van der Waals surface area (Å²) in [6.45, 7) is 5.30. The van der Waals surface area contributed by atoms with Crippen molar-refractivity contribution in [3.63, 3.8) is 0 Å². The molecule has 3 heteroatoms. The van der Waals surface area contributed by atoms with E-state index in [1.165, 1.54) is 0 Å². The molecule has 27 heavy (non-hydrogen) atoms. The Kier molecular flexibility index (Phi) is 5.84. The molecule has 0 aliphatic heterocycles. The lowest BCUT2D eigenvalue weighted by Gasteiger charge is -2.13. The van der Waals surface area contributed by atoms with E-state index in [9.17, 15) is 9.90 Å². The summed E-state index contributed by atoms with van der Waals surface area (Å²) >= 11 is 0. The van der Waals surface area contributed by atoms with Crippen molar-refractivity contribution in [3.8, 4) is 22.3 Å². The highest BCUT2D eigenvalue weighted by molar-refractivity contribution is 5.87. The van der Waals surface area contributed by atoms with Crippen molar-refractivity contribution in [1.29, 1.82) is 0 Å². The summed E-state index contributed by atoms with van der Waals surface area (Å²) in [5.74, 6) is -0.422. The second-order valence-electron chi connectivity index (χ2n) is 6.45. The van der Waals surface area contributed by atoms with Crippen LogP contribution in [0.2, 0.25) is 0 Å². The molecule has 3 rings (SSSR count). The zero-order valence-corrected chi connectivity index (χ0v) is 15.3. The second kappa shape index (κ2) is 8.47. The predicted molar refractivity (Wildman–Crippen MR) is 108 cm³/mol. The van der Waals surface area contributed by atoms with Crippen LogP contribution in [0, 0.1) is 0 Å². The van der Waals surface area contributed by atoms with E-state index in [-0.39, 0.29) is 13.2 Å². The zero-order chi connectivity index (χ0) is 19.2. The van der Waals surface area contributed by atoms with Gasteiger partial charge in [-0.25, -0.2) is 4.79 Å². The van der Waals surface area contributed by atoms with Gasteiger partial charge in [0.1, 0.15) is 6.61 Å². The fourth-order valence-corrected chi connectivity index (χ4v) is 2.89. The molecule has 0 radical (unpaired) electrons. The molecule has 0 fully saturated rings. The highest BCUT2D eigenvalue weighted by Crippen LogP contribution is 2.28. The molecule has 136 valence electrons. The molecule has 0 atom stereocenters. The molecule has 0 unspecified atom stereocenters. The number of carbonyl (C=O) groups excluding carboxylic acids is 1. The van der Waals surface area contributed by atoms with Crippen LogP contribution in [0.3, 0.4) is 0 Å². The summed E-state index contributed by atoms with van der Waals surface area (Å²) in [5.41, 5.74) is 6.30. The lowest BCUT2D eigenvalue weighted by molar-refractivity contribution is -0.140. The van der Waals surface area contributed by atoms with Gasteiger partial charge in [0.15, 0.2) is 0 Å². The number of esters is 1. The summed E-state index contributed by atoms with van der Waals surface area (Å²) in [7, 11) is 0. The van der Waals surface area contributed by atoms with E-state index in [2.05, 4.69) is 43.0 Å². The zero-order valence-electron chi connectivity index (χ0n) is 15.3. The third kappa shape index (κ3) is 4.52. The third-order valence-corrected chi connectivity index (χ3v) is 4.36. The Morgan fingerprint density at radius 2 is 1.56 bits per heavy atom. The average molecular weight is 358 g/mol. The van der Waals surface area contributed by atoms with Crippen molar-refractivity contribution < 1.29 is 14.6 Å².